The lowest BCUT2D eigenvalue weighted by Gasteiger charge is -2.43. The zero-order valence-electron chi connectivity index (χ0n) is 13.0. The molecule has 2 aromatic rings. The normalized spacial score (nSPS) is 16.1. The van der Waals surface area contributed by atoms with Gasteiger partial charge in [0, 0.05) is 36.2 Å². The molecule has 118 valence electrons. The maximum absolute atomic E-state index is 5.55. The van der Waals surface area contributed by atoms with Crippen molar-refractivity contribution >= 4 is 16.7 Å². The SMILES string of the molecule is COCc1nsc(NCC2(c3ccccc3OC)CCC2)n1. The van der Waals surface area contributed by atoms with Gasteiger partial charge in [-0.1, -0.05) is 24.6 Å². The molecule has 0 radical (unpaired) electrons. The largest absolute Gasteiger partial charge is 0.496 e. The first-order valence-corrected chi connectivity index (χ1v) is 8.24. The minimum absolute atomic E-state index is 0.139. The van der Waals surface area contributed by atoms with Crippen molar-refractivity contribution in [2.24, 2.45) is 0 Å². The fraction of sp³-hybridized carbons (Fsp3) is 0.500. The molecule has 1 fully saturated rings. The molecular formula is C16H21N3O2S. The van der Waals surface area contributed by atoms with Crippen molar-refractivity contribution in [3.8, 4) is 5.75 Å². The van der Waals surface area contributed by atoms with Crippen LogP contribution in [-0.2, 0) is 16.8 Å². The molecule has 1 aliphatic carbocycles. The Balaban J connectivity index is 1.73. The van der Waals surface area contributed by atoms with Gasteiger partial charge >= 0.3 is 0 Å². The van der Waals surface area contributed by atoms with Crippen LogP contribution in [0.15, 0.2) is 24.3 Å². The molecule has 0 atom stereocenters. The molecule has 1 N–H and O–H groups in total. The monoisotopic (exact) mass is 319 g/mol. The van der Waals surface area contributed by atoms with Crippen LogP contribution in [0.3, 0.4) is 0 Å². The van der Waals surface area contributed by atoms with E-state index in [9.17, 15) is 0 Å². The van der Waals surface area contributed by atoms with Crippen LogP contribution in [0.25, 0.3) is 0 Å². The standard InChI is InChI=1S/C16H21N3O2S/c1-20-10-14-18-15(22-19-14)17-11-16(8-5-9-16)12-6-3-4-7-13(12)21-2/h3-4,6-7H,5,8-11H2,1-2H3,(H,17,18,19). The van der Waals surface area contributed by atoms with Gasteiger partial charge in [-0.3, -0.25) is 0 Å². The second-order valence-electron chi connectivity index (χ2n) is 5.64. The van der Waals surface area contributed by atoms with Gasteiger partial charge in [0.15, 0.2) is 5.82 Å². The fourth-order valence-electron chi connectivity index (χ4n) is 2.99. The molecule has 22 heavy (non-hydrogen) atoms. The number of ether oxygens (including phenoxy) is 2. The highest BCUT2D eigenvalue weighted by Gasteiger charge is 2.40. The van der Waals surface area contributed by atoms with Gasteiger partial charge in [0.2, 0.25) is 5.13 Å². The molecule has 5 nitrogen and oxygen atoms in total. The van der Waals surface area contributed by atoms with E-state index in [2.05, 4.69) is 26.8 Å². The third-order valence-electron chi connectivity index (χ3n) is 4.31. The summed E-state index contributed by atoms with van der Waals surface area (Å²) in [5.74, 6) is 1.70. The summed E-state index contributed by atoms with van der Waals surface area (Å²) < 4.78 is 14.9. The summed E-state index contributed by atoms with van der Waals surface area (Å²) in [6.45, 7) is 1.31. The Morgan fingerprint density at radius 3 is 2.77 bits per heavy atom. The number of anilines is 1. The van der Waals surface area contributed by atoms with Crippen LogP contribution in [0.2, 0.25) is 0 Å². The number of benzene rings is 1. The molecular weight excluding hydrogens is 298 g/mol. The van der Waals surface area contributed by atoms with Crippen molar-refractivity contribution in [1.29, 1.82) is 0 Å². The first kappa shape index (κ1) is 15.2. The zero-order valence-corrected chi connectivity index (χ0v) is 13.8. The first-order valence-electron chi connectivity index (χ1n) is 7.46. The van der Waals surface area contributed by atoms with E-state index < -0.39 is 0 Å². The fourth-order valence-corrected chi connectivity index (χ4v) is 3.55. The summed E-state index contributed by atoms with van der Waals surface area (Å²) in [4.78, 5) is 4.44. The maximum atomic E-state index is 5.55. The Bertz CT molecular complexity index is 625. The van der Waals surface area contributed by atoms with Gasteiger partial charge in [-0.05, 0) is 18.9 Å². The van der Waals surface area contributed by atoms with Crippen LogP contribution in [-0.4, -0.2) is 30.1 Å². The third-order valence-corrected chi connectivity index (χ3v) is 5.02. The first-order chi connectivity index (χ1) is 10.8. The van der Waals surface area contributed by atoms with E-state index in [1.54, 1.807) is 14.2 Å². The molecule has 0 bridgehead atoms. The highest BCUT2D eigenvalue weighted by atomic mass is 32.1. The van der Waals surface area contributed by atoms with Gasteiger partial charge in [-0.25, -0.2) is 4.98 Å². The second-order valence-corrected chi connectivity index (χ2v) is 6.39. The van der Waals surface area contributed by atoms with Gasteiger partial charge in [-0.15, -0.1) is 0 Å². The number of hydrogen-bond donors (Lipinski definition) is 1. The van der Waals surface area contributed by atoms with Crippen LogP contribution >= 0.6 is 11.5 Å². The van der Waals surface area contributed by atoms with Crippen molar-refractivity contribution in [3.05, 3.63) is 35.7 Å². The molecule has 6 heteroatoms. The average Bonchev–Trinajstić information content (AvgIpc) is 2.95. The Hall–Kier alpha value is -1.66. The van der Waals surface area contributed by atoms with Gasteiger partial charge < -0.3 is 14.8 Å². The molecule has 0 aliphatic heterocycles. The lowest BCUT2D eigenvalue weighted by molar-refractivity contribution is 0.179. The van der Waals surface area contributed by atoms with Crippen molar-refractivity contribution in [2.75, 3.05) is 26.1 Å². The third kappa shape index (κ3) is 2.94. The van der Waals surface area contributed by atoms with Crippen molar-refractivity contribution < 1.29 is 9.47 Å². The minimum Gasteiger partial charge on any atom is -0.496 e. The molecule has 1 saturated carbocycles. The smallest absolute Gasteiger partial charge is 0.202 e. The molecule has 1 aromatic carbocycles. The van der Waals surface area contributed by atoms with Crippen LogP contribution in [0, 0.1) is 0 Å². The second kappa shape index (κ2) is 6.62. The zero-order chi connectivity index (χ0) is 15.4. The highest BCUT2D eigenvalue weighted by molar-refractivity contribution is 7.09. The number of para-hydroxylation sites is 1. The number of nitrogens with one attached hydrogen (secondary N) is 1. The Morgan fingerprint density at radius 2 is 2.09 bits per heavy atom. The van der Waals surface area contributed by atoms with Gasteiger partial charge in [0.05, 0.1) is 7.11 Å². The molecule has 0 spiro atoms. The molecule has 0 unspecified atom stereocenters. The summed E-state index contributed by atoms with van der Waals surface area (Å²) in [7, 11) is 3.39. The summed E-state index contributed by atoms with van der Waals surface area (Å²) in [5.41, 5.74) is 1.43. The average molecular weight is 319 g/mol. The molecule has 1 heterocycles. The predicted molar refractivity (Wildman–Crippen MR) is 87.6 cm³/mol. The van der Waals surface area contributed by atoms with Crippen LogP contribution < -0.4 is 10.1 Å². The molecule has 0 amide bonds. The Morgan fingerprint density at radius 1 is 1.27 bits per heavy atom. The van der Waals surface area contributed by atoms with E-state index >= 15 is 0 Å². The lowest BCUT2D eigenvalue weighted by atomic mass is 9.64. The Labute approximate surface area is 134 Å². The van der Waals surface area contributed by atoms with Gasteiger partial charge in [0.25, 0.3) is 0 Å². The number of nitrogens with zero attached hydrogens (tertiary/aromatic N) is 2. The van der Waals surface area contributed by atoms with Crippen molar-refractivity contribution in [3.63, 3.8) is 0 Å². The molecule has 1 aliphatic rings. The van der Waals surface area contributed by atoms with E-state index in [0.29, 0.717) is 6.61 Å². The summed E-state index contributed by atoms with van der Waals surface area (Å²) >= 11 is 1.39. The van der Waals surface area contributed by atoms with E-state index in [0.717, 1.165) is 23.3 Å². The topological polar surface area (TPSA) is 56.3 Å². The number of aromatic nitrogens is 2. The van der Waals surface area contributed by atoms with Crippen LogP contribution in [0.5, 0.6) is 5.75 Å². The summed E-state index contributed by atoms with van der Waals surface area (Å²) in [6, 6.07) is 8.32. The van der Waals surface area contributed by atoms with E-state index in [1.807, 2.05) is 12.1 Å². The summed E-state index contributed by atoms with van der Waals surface area (Å²) in [6.07, 6.45) is 3.60. The number of hydrogen-bond acceptors (Lipinski definition) is 6. The van der Waals surface area contributed by atoms with Gasteiger partial charge in [0.1, 0.15) is 12.4 Å². The quantitative estimate of drug-likeness (QED) is 0.849. The van der Waals surface area contributed by atoms with Crippen molar-refractivity contribution in [1.82, 2.24) is 9.36 Å². The molecule has 1 aromatic heterocycles. The van der Waals surface area contributed by atoms with E-state index in [1.165, 1.54) is 36.4 Å². The van der Waals surface area contributed by atoms with Crippen LogP contribution in [0.1, 0.15) is 30.7 Å². The number of rotatable bonds is 7. The maximum Gasteiger partial charge on any atom is 0.202 e. The summed E-state index contributed by atoms with van der Waals surface area (Å²) in [5, 5.41) is 4.30. The minimum atomic E-state index is 0.139. The van der Waals surface area contributed by atoms with Crippen LogP contribution in [0.4, 0.5) is 5.13 Å². The molecule has 0 saturated heterocycles. The Kier molecular flexibility index (Phi) is 4.59. The number of methoxy groups -OCH3 is 2. The predicted octanol–water partition coefficient (Wildman–Crippen LogP) is 3.23. The van der Waals surface area contributed by atoms with E-state index in [4.69, 9.17) is 9.47 Å². The van der Waals surface area contributed by atoms with Gasteiger partial charge in [-0.2, -0.15) is 4.37 Å². The van der Waals surface area contributed by atoms with Crippen molar-refractivity contribution in [2.45, 2.75) is 31.3 Å². The molecule has 3 rings (SSSR count). The lowest BCUT2D eigenvalue weighted by Crippen LogP contribution is -2.41. The highest BCUT2D eigenvalue weighted by Crippen LogP contribution is 2.47. The van der Waals surface area contributed by atoms with E-state index in [-0.39, 0.29) is 5.41 Å².